The number of nitrogen functional groups attached to an aromatic ring is 1. The predicted octanol–water partition coefficient (Wildman–Crippen LogP) is 2.58. The van der Waals surface area contributed by atoms with Gasteiger partial charge in [-0.3, -0.25) is 4.79 Å². The number of anilines is 1. The maximum absolute atomic E-state index is 15.3. The lowest BCUT2D eigenvalue weighted by Crippen LogP contribution is -2.52. The van der Waals surface area contributed by atoms with Gasteiger partial charge in [-0.25, -0.2) is 14.1 Å². The summed E-state index contributed by atoms with van der Waals surface area (Å²) in [5.74, 6) is -1.04. The largest absolute Gasteiger partial charge is 0.496 e. The second-order valence-electron chi connectivity index (χ2n) is 8.51. The Morgan fingerprint density at radius 1 is 1.21 bits per heavy atom. The first-order valence-corrected chi connectivity index (χ1v) is 10.6. The fourth-order valence-electron chi connectivity index (χ4n) is 4.44. The molecule has 34 heavy (non-hydrogen) atoms. The third-order valence-electron chi connectivity index (χ3n) is 6.11. The molecule has 174 valence electrons. The Kier molecular flexibility index (Phi) is 4.99. The molecule has 0 unspecified atom stereocenters. The van der Waals surface area contributed by atoms with E-state index in [1.54, 1.807) is 12.1 Å². The number of nitrogens with two attached hydrogens (primary N) is 3. The fraction of sp³-hybridized carbons (Fsp3) is 0.208. The molecule has 1 amide bonds. The monoisotopic (exact) mass is 462 g/mol. The SMILES string of the molecule is COc1cc(-c2ccccc2)nc2cc(-c3nn([C@H]4C[C@@](N)(O)C4)c(N)c3C(N)=O)cc(F)c12. The first-order chi connectivity index (χ1) is 16.2. The van der Waals surface area contributed by atoms with Crippen LogP contribution >= 0.6 is 0 Å². The third kappa shape index (κ3) is 3.53. The highest BCUT2D eigenvalue weighted by molar-refractivity contribution is 6.04. The van der Waals surface area contributed by atoms with Crippen molar-refractivity contribution in [3.05, 3.63) is 59.9 Å². The number of methoxy groups -OCH3 is 1. The summed E-state index contributed by atoms with van der Waals surface area (Å²) in [6, 6.07) is 13.6. The smallest absolute Gasteiger partial charge is 0.254 e. The van der Waals surface area contributed by atoms with Crippen LogP contribution in [0.4, 0.5) is 10.2 Å². The number of hydrogen-bond acceptors (Lipinski definition) is 7. The van der Waals surface area contributed by atoms with Crippen LogP contribution in [0.5, 0.6) is 5.75 Å². The summed E-state index contributed by atoms with van der Waals surface area (Å²) in [5.41, 5.74) is 18.3. The Morgan fingerprint density at radius 3 is 2.53 bits per heavy atom. The van der Waals surface area contributed by atoms with Crippen LogP contribution in [0.15, 0.2) is 48.5 Å². The van der Waals surface area contributed by atoms with Crippen LogP contribution in [0, 0.1) is 5.82 Å². The summed E-state index contributed by atoms with van der Waals surface area (Å²) in [6.07, 6.45) is 0.420. The van der Waals surface area contributed by atoms with E-state index in [-0.39, 0.29) is 46.9 Å². The van der Waals surface area contributed by atoms with E-state index < -0.39 is 17.4 Å². The highest BCUT2D eigenvalue weighted by atomic mass is 19.1. The van der Waals surface area contributed by atoms with Crippen LogP contribution in [0.3, 0.4) is 0 Å². The van der Waals surface area contributed by atoms with Gasteiger partial charge in [0, 0.05) is 30.0 Å². The fourth-order valence-corrected chi connectivity index (χ4v) is 4.44. The summed E-state index contributed by atoms with van der Waals surface area (Å²) in [5, 5.41) is 14.6. The molecule has 0 spiro atoms. The molecule has 0 atom stereocenters. The van der Waals surface area contributed by atoms with Gasteiger partial charge >= 0.3 is 0 Å². The highest BCUT2D eigenvalue weighted by Gasteiger charge is 2.42. The molecule has 0 aliphatic heterocycles. The first kappa shape index (κ1) is 21.8. The van der Waals surface area contributed by atoms with Crippen LogP contribution < -0.4 is 21.9 Å². The quantitative estimate of drug-likeness (QED) is 0.332. The molecule has 10 heteroatoms. The molecule has 1 fully saturated rings. The van der Waals surface area contributed by atoms with Crippen molar-refractivity contribution in [1.82, 2.24) is 14.8 Å². The number of benzene rings is 2. The number of amides is 1. The Labute approximate surface area is 193 Å². The highest BCUT2D eigenvalue weighted by Crippen LogP contribution is 2.42. The van der Waals surface area contributed by atoms with Gasteiger partial charge in [0.15, 0.2) is 0 Å². The standard InChI is InChI=1S/C24H23FN6O3/c1-34-18-9-16(12-5-3-2-4-6-12)29-17-8-13(7-15(25)19(17)18)21-20(23(27)32)22(26)31(30-21)14-10-24(28,33)11-14/h2-9,14,33H,10-11,26,28H2,1H3,(H2,27,32)/t14-,24+. The van der Waals surface area contributed by atoms with Gasteiger partial charge in [0.25, 0.3) is 5.91 Å². The number of hydrogen-bond donors (Lipinski definition) is 4. The van der Waals surface area contributed by atoms with Crippen LogP contribution in [-0.2, 0) is 0 Å². The van der Waals surface area contributed by atoms with Crippen molar-refractivity contribution in [3.63, 3.8) is 0 Å². The second-order valence-corrected chi connectivity index (χ2v) is 8.51. The van der Waals surface area contributed by atoms with Gasteiger partial charge in [-0.05, 0) is 12.1 Å². The van der Waals surface area contributed by atoms with Gasteiger partial charge in [0.2, 0.25) is 0 Å². The number of primary amides is 1. The molecule has 0 bridgehead atoms. The Balaban J connectivity index is 1.69. The molecule has 2 aromatic heterocycles. The Morgan fingerprint density at radius 2 is 1.91 bits per heavy atom. The number of pyridine rings is 1. The summed E-state index contributed by atoms with van der Waals surface area (Å²) in [6.45, 7) is 0. The maximum Gasteiger partial charge on any atom is 0.254 e. The van der Waals surface area contributed by atoms with Gasteiger partial charge in [-0.2, -0.15) is 5.10 Å². The number of aromatic nitrogens is 3. The number of aliphatic hydroxyl groups is 1. The van der Waals surface area contributed by atoms with Crippen molar-refractivity contribution in [2.24, 2.45) is 11.5 Å². The summed E-state index contributed by atoms with van der Waals surface area (Å²) in [7, 11) is 1.46. The zero-order chi connectivity index (χ0) is 24.2. The number of fused-ring (bicyclic) bond motifs is 1. The van der Waals surface area contributed by atoms with E-state index in [4.69, 9.17) is 21.9 Å². The van der Waals surface area contributed by atoms with E-state index in [2.05, 4.69) is 10.1 Å². The molecule has 7 N–H and O–H groups in total. The van der Waals surface area contributed by atoms with E-state index in [1.165, 1.54) is 17.9 Å². The van der Waals surface area contributed by atoms with E-state index in [0.29, 0.717) is 17.0 Å². The van der Waals surface area contributed by atoms with Crippen LogP contribution in [0.1, 0.15) is 29.2 Å². The van der Waals surface area contributed by atoms with E-state index in [1.807, 2.05) is 30.3 Å². The molecule has 9 nitrogen and oxygen atoms in total. The van der Waals surface area contributed by atoms with Crippen molar-refractivity contribution in [3.8, 4) is 28.3 Å². The summed E-state index contributed by atoms with van der Waals surface area (Å²) >= 11 is 0. The zero-order valence-corrected chi connectivity index (χ0v) is 18.3. The number of nitrogens with zero attached hydrogens (tertiary/aromatic N) is 3. The maximum atomic E-state index is 15.3. The number of rotatable bonds is 5. The molecule has 1 aliphatic rings. The predicted molar refractivity (Wildman–Crippen MR) is 125 cm³/mol. The molecule has 0 saturated heterocycles. The number of ether oxygens (including phenoxy) is 1. The minimum atomic E-state index is -1.32. The lowest BCUT2D eigenvalue weighted by Gasteiger charge is -2.40. The molecule has 1 aliphatic carbocycles. The van der Waals surface area contributed by atoms with E-state index in [9.17, 15) is 9.90 Å². The van der Waals surface area contributed by atoms with Crippen LogP contribution in [-0.4, -0.2) is 38.6 Å². The van der Waals surface area contributed by atoms with Crippen molar-refractivity contribution >= 4 is 22.6 Å². The Bertz CT molecular complexity index is 1430. The van der Waals surface area contributed by atoms with Crippen molar-refractivity contribution < 1.29 is 19.0 Å². The van der Waals surface area contributed by atoms with Crippen molar-refractivity contribution in [2.45, 2.75) is 24.6 Å². The average Bonchev–Trinajstić information content (AvgIpc) is 3.14. The molecule has 2 heterocycles. The lowest BCUT2D eigenvalue weighted by atomic mass is 9.83. The molecular formula is C24H23FN6O3. The normalized spacial score (nSPS) is 19.7. The van der Waals surface area contributed by atoms with E-state index in [0.717, 1.165) is 5.56 Å². The first-order valence-electron chi connectivity index (χ1n) is 10.6. The van der Waals surface area contributed by atoms with Gasteiger partial charge in [0.1, 0.15) is 34.4 Å². The zero-order valence-electron chi connectivity index (χ0n) is 18.3. The van der Waals surface area contributed by atoms with Gasteiger partial charge in [0.05, 0.1) is 29.7 Å². The Hall–Kier alpha value is -4.02. The topological polar surface area (TPSA) is 155 Å². The number of carbonyl (C=O) groups excluding carboxylic acids is 1. The molecule has 5 rings (SSSR count). The second kappa shape index (κ2) is 7.79. The van der Waals surface area contributed by atoms with Gasteiger partial charge in [-0.15, -0.1) is 0 Å². The molecule has 4 aromatic rings. The lowest BCUT2D eigenvalue weighted by molar-refractivity contribution is -0.0643. The van der Waals surface area contributed by atoms with E-state index >= 15 is 4.39 Å². The summed E-state index contributed by atoms with van der Waals surface area (Å²) < 4.78 is 22.2. The number of carbonyl (C=O) groups is 1. The average molecular weight is 462 g/mol. The minimum Gasteiger partial charge on any atom is -0.496 e. The molecule has 2 aromatic carbocycles. The molecule has 0 radical (unpaired) electrons. The van der Waals surface area contributed by atoms with Crippen LogP contribution in [0.2, 0.25) is 0 Å². The van der Waals surface area contributed by atoms with Crippen molar-refractivity contribution in [2.75, 3.05) is 12.8 Å². The van der Waals surface area contributed by atoms with Gasteiger partial charge < -0.3 is 27.0 Å². The molecular weight excluding hydrogens is 439 g/mol. The van der Waals surface area contributed by atoms with Crippen molar-refractivity contribution in [1.29, 1.82) is 0 Å². The number of halogens is 1. The van der Waals surface area contributed by atoms with Gasteiger partial charge in [-0.1, -0.05) is 30.3 Å². The van der Waals surface area contributed by atoms with Crippen LogP contribution in [0.25, 0.3) is 33.4 Å². The third-order valence-corrected chi connectivity index (χ3v) is 6.11. The summed E-state index contributed by atoms with van der Waals surface area (Å²) in [4.78, 5) is 16.9. The minimum absolute atomic E-state index is 0.0302. The molecule has 1 saturated carbocycles.